The van der Waals surface area contributed by atoms with Crippen LogP contribution in [0.5, 0.6) is 0 Å². The summed E-state index contributed by atoms with van der Waals surface area (Å²) < 4.78 is 5.38. The Labute approximate surface area is 103 Å². The number of carbonyl (C=O) groups is 2. The first-order valence-electron chi connectivity index (χ1n) is 6.10. The van der Waals surface area contributed by atoms with Crippen LogP contribution in [-0.4, -0.2) is 35.0 Å². The number of hydrogen-bond donors (Lipinski definition) is 0. The summed E-state index contributed by atoms with van der Waals surface area (Å²) in [6, 6.07) is 0. The molecule has 0 radical (unpaired) electrons. The Hall–Kier alpha value is -1.06. The molecule has 98 valence electrons. The van der Waals surface area contributed by atoms with Crippen LogP contribution in [0.2, 0.25) is 0 Å². The monoisotopic (exact) mass is 241 g/mol. The van der Waals surface area contributed by atoms with Gasteiger partial charge in [-0.25, -0.2) is 4.79 Å². The molecule has 4 heteroatoms. The first kappa shape index (κ1) is 14.0. The molecular weight excluding hydrogens is 218 g/mol. The Kier molecular flexibility index (Phi) is 3.84. The van der Waals surface area contributed by atoms with Crippen LogP contribution in [0.1, 0.15) is 47.5 Å². The zero-order chi connectivity index (χ0) is 13.3. The van der Waals surface area contributed by atoms with Crippen LogP contribution >= 0.6 is 0 Å². The molecule has 17 heavy (non-hydrogen) atoms. The first-order valence-corrected chi connectivity index (χ1v) is 6.10. The zero-order valence-electron chi connectivity index (χ0n) is 11.4. The third-order valence-corrected chi connectivity index (χ3v) is 3.00. The predicted octanol–water partition coefficient (Wildman–Crippen LogP) is 2.61. The number of carbonyl (C=O) groups excluding carboxylic acids is 2. The maximum atomic E-state index is 12.0. The standard InChI is InChI=1S/C13H23NO3/c1-12(2,3)17-11(16)14-9-10(6-7-15)8-13(14,4)5/h7,10H,6,8-9H2,1-5H3. The highest BCUT2D eigenvalue weighted by Gasteiger charge is 2.42. The second-order valence-electron chi connectivity index (χ2n) is 6.38. The third-order valence-electron chi connectivity index (χ3n) is 3.00. The van der Waals surface area contributed by atoms with Crippen molar-refractivity contribution in [3.63, 3.8) is 0 Å². The lowest BCUT2D eigenvalue weighted by atomic mass is 9.95. The lowest BCUT2D eigenvalue weighted by Gasteiger charge is -2.33. The molecule has 1 heterocycles. The summed E-state index contributed by atoms with van der Waals surface area (Å²) in [5.41, 5.74) is -0.702. The molecule has 0 aromatic heterocycles. The molecule has 1 atom stereocenters. The van der Waals surface area contributed by atoms with E-state index in [4.69, 9.17) is 4.74 Å². The summed E-state index contributed by atoms with van der Waals surface area (Å²) in [7, 11) is 0. The van der Waals surface area contributed by atoms with E-state index in [2.05, 4.69) is 0 Å². The van der Waals surface area contributed by atoms with E-state index in [1.54, 1.807) is 4.90 Å². The van der Waals surface area contributed by atoms with Gasteiger partial charge in [0.2, 0.25) is 0 Å². The fourth-order valence-electron chi connectivity index (χ4n) is 2.32. The molecule has 0 spiro atoms. The minimum Gasteiger partial charge on any atom is -0.444 e. The minimum atomic E-state index is -0.476. The van der Waals surface area contributed by atoms with Crippen LogP contribution in [0.4, 0.5) is 4.79 Å². The van der Waals surface area contributed by atoms with E-state index in [1.165, 1.54) is 0 Å². The molecule has 0 bridgehead atoms. The van der Waals surface area contributed by atoms with Crippen LogP contribution in [0, 0.1) is 5.92 Å². The molecule has 1 saturated heterocycles. The lowest BCUT2D eigenvalue weighted by molar-refractivity contribution is -0.108. The second-order valence-corrected chi connectivity index (χ2v) is 6.38. The van der Waals surface area contributed by atoms with Gasteiger partial charge in [0.15, 0.2) is 0 Å². The highest BCUT2D eigenvalue weighted by molar-refractivity contribution is 5.69. The quantitative estimate of drug-likeness (QED) is 0.698. The third kappa shape index (κ3) is 3.72. The van der Waals surface area contributed by atoms with Crippen molar-refractivity contribution in [3.8, 4) is 0 Å². The van der Waals surface area contributed by atoms with E-state index in [0.717, 1.165) is 12.7 Å². The van der Waals surface area contributed by atoms with Crippen LogP contribution in [-0.2, 0) is 9.53 Å². The van der Waals surface area contributed by atoms with Crippen molar-refractivity contribution in [1.29, 1.82) is 0 Å². The van der Waals surface area contributed by atoms with Crippen LogP contribution in [0.3, 0.4) is 0 Å². The molecule has 0 N–H and O–H groups in total. The predicted molar refractivity (Wildman–Crippen MR) is 65.8 cm³/mol. The van der Waals surface area contributed by atoms with Gasteiger partial charge < -0.3 is 14.4 Å². The minimum absolute atomic E-state index is 0.226. The number of likely N-dealkylation sites (tertiary alicyclic amines) is 1. The van der Waals surface area contributed by atoms with Gasteiger partial charge in [0.05, 0.1) is 0 Å². The number of amides is 1. The normalized spacial score (nSPS) is 23.6. The molecule has 0 saturated carbocycles. The molecule has 0 aromatic carbocycles. The van der Waals surface area contributed by atoms with Crippen LogP contribution in [0.25, 0.3) is 0 Å². The van der Waals surface area contributed by atoms with Crippen molar-refractivity contribution in [3.05, 3.63) is 0 Å². The number of nitrogens with zero attached hydrogens (tertiary/aromatic N) is 1. The van der Waals surface area contributed by atoms with Crippen LogP contribution < -0.4 is 0 Å². The summed E-state index contributed by atoms with van der Waals surface area (Å²) in [5, 5.41) is 0. The second kappa shape index (κ2) is 4.67. The van der Waals surface area contributed by atoms with E-state index in [9.17, 15) is 9.59 Å². The molecule has 1 aliphatic heterocycles. The highest BCUT2D eigenvalue weighted by Crippen LogP contribution is 2.34. The summed E-state index contributed by atoms with van der Waals surface area (Å²) in [6.45, 7) is 10.2. The molecule has 1 amide bonds. The zero-order valence-corrected chi connectivity index (χ0v) is 11.4. The fourth-order valence-corrected chi connectivity index (χ4v) is 2.32. The Morgan fingerprint density at radius 2 is 2.06 bits per heavy atom. The van der Waals surface area contributed by atoms with Gasteiger partial charge in [-0.15, -0.1) is 0 Å². The highest BCUT2D eigenvalue weighted by atomic mass is 16.6. The van der Waals surface area contributed by atoms with Crippen molar-refractivity contribution >= 4 is 12.4 Å². The largest absolute Gasteiger partial charge is 0.444 e. The molecule has 1 unspecified atom stereocenters. The van der Waals surface area contributed by atoms with Crippen molar-refractivity contribution in [2.24, 2.45) is 5.92 Å². The van der Waals surface area contributed by atoms with E-state index >= 15 is 0 Å². The topological polar surface area (TPSA) is 46.6 Å². The summed E-state index contributed by atoms with van der Waals surface area (Å²) in [4.78, 5) is 24.3. The average molecular weight is 241 g/mol. The summed E-state index contributed by atoms with van der Waals surface area (Å²) in [5.74, 6) is 0.259. The van der Waals surface area contributed by atoms with Gasteiger partial charge in [-0.05, 0) is 47.0 Å². The summed E-state index contributed by atoms with van der Waals surface area (Å²) in [6.07, 6.45) is 2.02. The molecule has 1 aliphatic rings. The number of ether oxygens (including phenoxy) is 1. The van der Waals surface area contributed by atoms with Gasteiger partial charge in [-0.1, -0.05) is 0 Å². The first-order chi connectivity index (χ1) is 7.65. The summed E-state index contributed by atoms with van der Waals surface area (Å²) >= 11 is 0. The fraction of sp³-hybridized carbons (Fsp3) is 0.846. The Morgan fingerprint density at radius 1 is 1.47 bits per heavy atom. The molecule has 1 fully saturated rings. The van der Waals surface area contributed by atoms with E-state index in [-0.39, 0.29) is 17.6 Å². The Bertz CT molecular complexity index is 304. The maximum Gasteiger partial charge on any atom is 0.410 e. The van der Waals surface area contributed by atoms with Gasteiger partial charge in [0.25, 0.3) is 0 Å². The maximum absolute atomic E-state index is 12.0. The molecular formula is C13H23NO3. The Morgan fingerprint density at radius 3 is 2.53 bits per heavy atom. The van der Waals surface area contributed by atoms with Crippen LogP contribution in [0.15, 0.2) is 0 Å². The van der Waals surface area contributed by atoms with Crippen molar-refractivity contribution in [1.82, 2.24) is 4.90 Å². The average Bonchev–Trinajstić information content (AvgIpc) is 2.38. The van der Waals surface area contributed by atoms with Gasteiger partial charge in [0.1, 0.15) is 11.9 Å². The van der Waals surface area contributed by atoms with Crippen molar-refractivity contribution < 1.29 is 14.3 Å². The smallest absolute Gasteiger partial charge is 0.410 e. The van der Waals surface area contributed by atoms with E-state index in [1.807, 2.05) is 34.6 Å². The van der Waals surface area contributed by atoms with Crippen molar-refractivity contribution in [2.75, 3.05) is 6.54 Å². The Balaban J connectivity index is 2.70. The van der Waals surface area contributed by atoms with Gasteiger partial charge in [-0.2, -0.15) is 0 Å². The number of hydrogen-bond acceptors (Lipinski definition) is 3. The molecule has 0 aromatic rings. The van der Waals surface area contributed by atoms with E-state index in [0.29, 0.717) is 13.0 Å². The SMILES string of the molecule is CC(C)(C)OC(=O)N1CC(CC=O)CC1(C)C. The number of rotatable bonds is 2. The van der Waals surface area contributed by atoms with Gasteiger partial charge in [-0.3, -0.25) is 0 Å². The van der Waals surface area contributed by atoms with Crippen molar-refractivity contribution in [2.45, 2.75) is 58.6 Å². The molecule has 1 rings (SSSR count). The molecule has 4 nitrogen and oxygen atoms in total. The van der Waals surface area contributed by atoms with E-state index < -0.39 is 5.60 Å². The van der Waals surface area contributed by atoms with Gasteiger partial charge in [0, 0.05) is 18.5 Å². The lowest BCUT2D eigenvalue weighted by Crippen LogP contribution is -2.45. The molecule has 0 aliphatic carbocycles. The number of aldehydes is 1. The van der Waals surface area contributed by atoms with Gasteiger partial charge >= 0.3 is 6.09 Å².